The van der Waals surface area contributed by atoms with Crippen LogP contribution in [0.4, 0.5) is 5.69 Å². The Hall–Kier alpha value is -3.94. The molecule has 188 valence electrons. The van der Waals surface area contributed by atoms with E-state index in [9.17, 15) is 0 Å². The number of benzene rings is 3. The van der Waals surface area contributed by atoms with Gasteiger partial charge in [0.25, 0.3) is 0 Å². The Morgan fingerprint density at radius 3 is 2.32 bits per heavy atom. The van der Waals surface area contributed by atoms with Crippen LogP contribution in [0, 0.1) is 6.92 Å². The third-order valence-corrected chi connectivity index (χ3v) is 7.45. The summed E-state index contributed by atoms with van der Waals surface area (Å²) in [6.45, 7) is 2.06. The molecule has 1 N–H and O–H groups in total. The Morgan fingerprint density at radius 2 is 1.61 bits per heavy atom. The quantitative estimate of drug-likeness (QED) is 0.207. The molecule has 0 radical (unpaired) electrons. The van der Waals surface area contributed by atoms with E-state index < -0.39 is 0 Å². The number of anilines is 1. The zero-order valence-corrected chi connectivity index (χ0v) is 23.1. The molecule has 38 heavy (non-hydrogen) atoms. The van der Waals surface area contributed by atoms with Crippen molar-refractivity contribution in [3.8, 4) is 17.2 Å². The van der Waals surface area contributed by atoms with Gasteiger partial charge < -0.3 is 19.5 Å². The summed E-state index contributed by atoms with van der Waals surface area (Å²) in [5, 5.41) is 4.20. The van der Waals surface area contributed by atoms with Gasteiger partial charge in [-0.15, -0.1) is 0 Å². The fraction of sp³-hybridized carbons (Fsp3) is 0.0968. The van der Waals surface area contributed by atoms with Gasteiger partial charge >= 0.3 is 0 Å². The second-order valence-electron chi connectivity index (χ2n) is 9.19. The minimum Gasteiger partial charge on any atom is -0.457 e. The lowest BCUT2D eigenvalue weighted by Gasteiger charge is -2.29. The fourth-order valence-corrected chi connectivity index (χ4v) is 5.58. The lowest BCUT2D eigenvalue weighted by atomic mass is 10.0. The van der Waals surface area contributed by atoms with Gasteiger partial charge in [0, 0.05) is 33.9 Å². The third-order valence-electron chi connectivity index (χ3n) is 6.64. The van der Waals surface area contributed by atoms with Gasteiger partial charge in [-0.25, -0.2) is 0 Å². The number of nitrogens with one attached hydrogen (secondary N) is 1. The first-order valence-electron chi connectivity index (χ1n) is 12.4. The highest BCUT2D eigenvalue weighted by Crippen LogP contribution is 2.42. The molecular formula is C31H25BrN4OS. The van der Waals surface area contributed by atoms with Crippen LogP contribution in [0.15, 0.2) is 120 Å². The highest BCUT2D eigenvalue weighted by molar-refractivity contribution is 9.10. The summed E-state index contributed by atoms with van der Waals surface area (Å²) >= 11 is 9.54. The maximum absolute atomic E-state index is 6.07. The SMILES string of the molecule is Cc1ccc(Oc2ccc(N3C(=S)NC(c4ccccn4)C3c3cccn3-c3cccc(Br)c3)cc2)cc1. The van der Waals surface area contributed by atoms with Crippen LogP contribution in [0.1, 0.15) is 29.0 Å². The fourth-order valence-electron chi connectivity index (χ4n) is 4.85. The van der Waals surface area contributed by atoms with Crippen LogP contribution in [0.2, 0.25) is 0 Å². The molecule has 0 amide bonds. The Labute approximate surface area is 235 Å². The van der Waals surface area contributed by atoms with E-state index in [1.807, 2.05) is 72.9 Å². The Bertz CT molecular complexity index is 1570. The minimum atomic E-state index is -0.131. The van der Waals surface area contributed by atoms with Crippen LogP contribution in [0.3, 0.4) is 0 Å². The normalized spacial score (nSPS) is 16.9. The molecule has 0 spiro atoms. The average molecular weight is 582 g/mol. The van der Waals surface area contributed by atoms with Gasteiger partial charge in [0.1, 0.15) is 17.5 Å². The van der Waals surface area contributed by atoms with Crippen molar-refractivity contribution in [1.29, 1.82) is 0 Å². The Balaban J connectivity index is 1.39. The first-order chi connectivity index (χ1) is 18.6. The standard InChI is InChI=1S/C31H25BrN4OS/c1-21-10-14-25(15-11-21)37-26-16-12-23(13-17-26)36-30(29(34-31(36)38)27-8-2-3-18-33-27)28-9-5-19-35(28)24-7-4-6-22(32)20-24/h2-20,29-30H,1H3,(H,34,38). The first-order valence-corrected chi connectivity index (χ1v) is 13.6. The van der Waals surface area contributed by atoms with Gasteiger partial charge in [-0.05, 0) is 98.0 Å². The van der Waals surface area contributed by atoms with Gasteiger partial charge in [-0.1, -0.05) is 45.8 Å². The van der Waals surface area contributed by atoms with Crippen molar-refractivity contribution in [2.75, 3.05) is 4.90 Å². The number of thiocarbonyl (C=S) groups is 1. The summed E-state index contributed by atoms with van der Waals surface area (Å²) in [4.78, 5) is 6.86. The number of aromatic nitrogens is 2. The lowest BCUT2D eigenvalue weighted by Crippen LogP contribution is -2.30. The first kappa shape index (κ1) is 24.4. The summed E-state index contributed by atoms with van der Waals surface area (Å²) in [5.74, 6) is 1.58. The maximum atomic E-state index is 6.07. The lowest BCUT2D eigenvalue weighted by molar-refractivity contribution is 0.482. The second-order valence-corrected chi connectivity index (χ2v) is 10.5. The predicted octanol–water partition coefficient (Wildman–Crippen LogP) is 7.91. The van der Waals surface area contributed by atoms with Crippen molar-refractivity contribution in [3.63, 3.8) is 0 Å². The summed E-state index contributed by atoms with van der Waals surface area (Å²) < 4.78 is 9.31. The largest absolute Gasteiger partial charge is 0.457 e. The molecule has 1 aliphatic rings. The topological polar surface area (TPSA) is 42.3 Å². The van der Waals surface area contributed by atoms with Crippen LogP contribution in [-0.4, -0.2) is 14.7 Å². The molecule has 2 unspecified atom stereocenters. The van der Waals surface area contributed by atoms with E-state index in [1.165, 1.54) is 5.56 Å². The Kier molecular flexibility index (Phi) is 6.70. The zero-order valence-electron chi connectivity index (χ0n) is 20.7. The van der Waals surface area contributed by atoms with E-state index in [1.54, 1.807) is 0 Å². The summed E-state index contributed by atoms with van der Waals surface area (Å²) in [7, 11) is 0. The van der Waals surface area contributed by atoms with Gasteiger partial charge in [0.15, 0.2) is 5.11 Å². The number of aryl methyl sites for hydroxylation is 1. The van der Waals surface area contributed by atoms with E-state index in [0.29, 0.717) is 5.11 Å². The minimum absolute atomic E-state index is 0.129. The molecule has 2 aromatic heterocycles. The number of halogens is 1. The number of hydrogen-bond donors (Lipinski definition) is 1. The Morgan fingerprint density at radius 1 is 0.842 bits per heavy atom. The summed E-state index contributed by atoms with van der Waals surface area (Å²) in [6.07, 6.45) is 3.91. The van der Waals surface area contributed by atoms with Crippen LogP contribution >= 0.6 is 28.1 Å². The van der Waals surface area contributed by atoms with Crippen molar-refractivity contribution in [2.45, 2.75) is 19.0 Å². The van der Waals surface area contributed by atoms with Gasteiger partial charge in [0.2, 0.25) is 0 Å². The molecule has 3 aromatic carbocycles. The number of pyridine rings is 1. The monoisotopic (exact) mass is 580 g/mol. The molecule has 1 fully saturated rings. The third kappa shape index (κ3) is 4.83. The van der Waals surface area contributed by atoms with E-state index >= 15 is 0 Å². The number of rotatable bonds is 6. The number of nitrogens with zero attached hydrogens (tertiary/aromatic N) is 3. The van der Waals surface area contributed by atoms with E-state index in [4.69, 9.17) is 17.0 Å². The van der Waals surface area contributed by atoms with Crippen LogP contribution < -0.4 is 15.0 Å². The van der Waals surface area contributed by atoms with Gasteiger partial charge in [-0.3, -0.25) is 4.98 Å². The molecule has 3 heterocycles. The second kappa shape index (κ2) is 10.4. The van der Waals surface area contributed by atoms with Crippen molar-refractivity contribution in [3.05, 3.63) is 137 Å². The molecule has 1 aliphatic heterocycles. The molecule has 0 aliphatic carbocycles. The molecule has 2 atom stereocenters. The van der Waals surface area contributed by atoms with E-state index in [0.717, 1.165) is 38.7 Å². The van der Waals surface area contributed by atoms with Gasteiger partial charge in [0.05, 0.1) is 11.7 Å². The van der Waals surface area contributed by atoms with Crippen LogP contribution in [0.5, 0.6) is 11.5 Å². The van der Waals surface area contributed by atoms with E-state index in [-0.39, 0.29) is 12.1 Å². The number of ether oxygens (including phenoxy) is 1. The average Bonchev–Trinajstić information content (AvgIpc) is 3.55. The molecule has 5 aromatic rings. The summed E-state index contributed by atoms with van der Waals surface area (Å²) in [6, 6.07) is 34.4. The van der Waals surface area contributed by atoms with Crippen molar-refractivity contribution >= 4 is 38.9 Å². The molecule has 0 bridgehead atoms. The van der Waals surface area contributed by atoms with Crippen molar-refractivity contribution in [1.82, 2.24) is 14.9 Å². The molecule has 5 nitrogen and oxygen atoms in total. The maximum Gasteiger partial charge on any atom is 0.174 e. The van der Waals surface area contributed by atoms with Crippen molar-refractivity contribution < 1.29 is 4.74 Å². The molecule has 7 heteroatoms. The van der Waals surface area contributed by atoms with Crippen LogP contribution in [0.25, 0.3) is 5.69 Å². The van der Waals surface area contributed by atoms with E-state index in [2.05, 4.69) is 85.2 Å². The predicted molar refractivity (Wildman–Crippen MR) is 159 cm³/mol. The summed E-state index contributed by atoms with van der Waals surface area (Å²) in [5.41, 5.74) is 5.28. The number of hydrogen-bond acceptors (Lipinski definition) is 3. The van der Waals surface area contributed by atoms with Crippen LogP contribution in [-0.2, 0) is 0 Å². The molecule has 0 saturated carbocycles. The molecule has 1 saturated heterocycles. The van der Waals surface area contributed by atoms with Crippen molar-refractivity contribution in [2.24, 2.45) is 0 Å². The molecular weight excluding hydrogens is 556 g/mol. The zero-order chi connectivity index (χ0) is 26.1. The highest BCUT2D eigenvalue weighted by Gasteiger charge is 2.42. The van der Waals surface area contributed by atoms with Gasteiger partial charge in [-0.2, -0.15) is 0 Å². The highest BCUT2D eigenvalue weighted by atomic mass is 79.9. The molecule has 6 rings (SSSR count). The smallest absolute Gasteiger partial charge is 0.174 e.